The molecule has 1 aliphatic rings. The van der Waals surface area contributed by atoms with Gasteiger partial charge in [0.25, 0.3) is 5.69 Å². The molecule has 1 aromatic carbocycles. The van der Waals surface area contributed by atoms with E-state index in [-0.39, 0.29) is 5.69 Å². The first-order valence-electron chi connectivity index (χ1n) is 7.89. The summed E-state index contributed by atoms with van der Waals surface area (Å²) < 4.78 is 1.76. The molecule has 1 fully saturated rings. The summed E-state index contributed by atoms with van der Waals surface area (Å²) in [4.78, 5) is 13.6. The van der Waals surface area contributed by atoms with Crippen LogP contribution in [0.5, 0.6) is 0 Å². The Balaban J connectivity index is 1.64. The summed E-state index contributed by atoms with van der Waals surface area (Å²) in [6.45, 7) is 2.90. The summed E-state index contributed by atoms with van der Waals surface area (Å²) in [5.74, 6) is 0.819. The van der Waals surface area contributed by atoms with Gasteiger partial charge in [-0.2, -0.15) is 9.61 Å². The fraction of sp³-hybridized carbons (Fsp3) is 0.400. The van der Waals surface area contributed by atoms with Crippen LogP contribution in [0.2, 0.25) is 0 Å². The van der Waals surface area contributed by atoms with E-state index in [0.29, 0.717) is 9.97 Å². The number of aromatic nitrogens is 4. The predicted octanol–water partition coefficient (Wildman–Crippen LogP) is 2.75. The van der Waals surface area contributed by atoms with Crippen molar-refractivity contribution >= 4 is 22.0 Å². The molecule has 1 saturated heterocycles. The van der Waals surface area contributed by atoms with Gasteiger partial charge in [-0.25, -0.2) is 0 Å². The van der Waals surface area contributed by atoms with Crippen LogP contribution < -0.4 is 0 Å². The van der Waals surface area contributed by atoms with Crippen molar-refractivity contribution in [3.63, 3.8) is 0 Å². The fourth-order valence-electron chi connectivity index (χ4n) is 2.94. The number of likely N-dealkylation sites (tertiary alicyclic amines) is 1. The van der Waals surface area contributed by atoms with Crippen molar-refractivity contribution in [2.45, 2.75) is 25.8 Å². The fourth-order valence-corrected chi connectivity index (χ4v) is 3.80. The standard InChI is InChI=1S/C15H16N6O2S/c22-21(23)12-6-4-5-11(9-12)14-18-20-13(16-17-15(20)24-14)10-19-7-2-1-3-8-19/h4-6,9H,1-3,7-8,10H2. The van der Waals surface area contributed by atoms with Crippen molar-refractivity contribution in [2.75, 3.05) is 13.1 Å². The lowest BCUT2D eigenvalue weighted by molar-refractivity contribution is -0.384. The van der Waals surface area contributed by atoms with E-state index in [4.69, 9.17) is 0 Å². The molecule has 8 nitrogen and oxygen atoms in total. The Morgan fingerprint density at radius 3 is 2.83 bits per heavy atom. The average molecular weight is 344 g/mol. The summed E-state index contributed by atoms with van der Waals surface area (Å²) in [5, 5.41) is 24.7. The Morgan fingerprint density at radius 1 is 1.21 bits per heavy atom. The Bertz CT molecular complexity index is 883. The highest BCUT2D eigenvalue weighted by Crippen LogP contribution is 2.28. The third-order valence-electron chi connectivity index (χ3n) is 4.17. The number of benzene rings is 1. The molecule has 0 unspecified atom stereocenters. The van der Waals surface area contributed by atoms with Gasteiger partial charge in [-0.1, -0.05) is 29.9 Å². The number of piperidine rings is 1. The molecule has 3 aromatic rings. The summed E-state index contributed by atoms with van der Waals surface area (Å²) in [5.41, 5.74) is 0.788. The van der Waals surface area contributed by atoms with Gasteiger partial charge in [0.2, 0.25) is 4.96 Å². The van der Waals surface area contributed by atoms with Crippen molar-refractivity contribution in [3.05, 3.63) is 40.2 Å². The monoisotopic (exact) mass is 344 g/mol. The maximum atomic E-state index is 10.9. The number of hydrogen-bond acceptors (Lipinski definition) is 7. The van der Waals surface area contributed by atoms with Crippen LogP contribution in [0.4, 0.5) is 5.69 Å². The maximum Gasteiger partial charge on any atom is 0.270 e. The average Bonchev–Trinajstić information content (AvgIpc) is 3.18. The molecule has 0 bridgehead atoms. The summed E-state index contributed by atoms with van der Waals surface area (Å²) in [6, 6.07) is 6.51. The second-order valence-electron chi connectivity index (χ2n) is 5.86. The first kappa shape index (κ1) is 15.2. The van der Waals surface area contributed by atoms with Crippen molar-refractivity contribution in [1.29, 1.82) is 0 Å². The van der Waals surface area contributed by atoms with E-state index in [9.17, 15) is 10.1 Å². The number of nitro benzene ring substituents is 1. The van der Waals surface area contributed by atoms with Crippen molar-refractivity contribution in [3.8, 4) is 10.6 Å². The molecule has 0 atom stereocenters. The lowest BCUT2D eigenvalue weighted by Crippen LogP contribution is -2.30. The predicted molar refractivity (Wildman–Crippen MR) is 89.9 cm³/mol. The van der Waals surface area contributed by atoms with Crippen LogP contribution in [0.15, 0.2) is 24.3 Å². The number of rotatable bonds is 4. The van der Waals surface area contributed by atoms with Gasteiger partial charge in [0, 0.05) is 17.7 Å². The van der Waals surface area contributed by atoms with Gasteiger partial charge < -0.3 is 0 Å². The Labute approximate surface area is 141 Å². The summed E-state index contributed by atoms with van der Waals surface area (Å²) >= 11 is 1.39. The van der Waals surface area contributed by atoms with E-state index in [2.05, 4.69) is 20.2 Å². The van der Waals surface area contributed by atoms with Crippen molar-refractivity contribution in [1.82, 2.24) is 24.7 Å². The molecule has 4 rings (SSSR count). The highest BCUT2D eigenvalue weighted by atomic mass is 32.1. The van der Waals surface area contributed by atoms with E-state index in [1.54, 1.807) is 10.6 Å². The third-order valence-corrected chi connectivity index (χ3v) is 5.12. The summed E-state index contributed by atoms with van der Waals surface area (Å²) in [7, 11) is 0. The van der Waals surface area contributed by atoms with E-state index < -0.39 is 4.92 Å². The molecule has 3 heterocycles. The Hall–Kier alpha value is -2.39. The maximum absolute atomic E-state index is 10.9. The SMILES string of the molecule is O=[N+]([O-])c1cccc(-c2nn3c(CN4CCCCC4)nnc3s2)c1. The van der Waals surface area contributed by atoms with Gasteiger partial charge in [0.05, 0.1) is 11.5 Å². The van der Waals surface area contributed by atoms with Crippen LogP contribution in [0.1, 0.15) is 25.1 Å². The Kier molecular flexibility index (Phi) is 3.95. The lowest BCUT2D eigenvalue weighted by Gasteiger charge is -2.25. The topological polar surface area (TPSA) is 89.5 Å². The molecular weight excluding hydrogens is 328 g/mol. The highest BCUT2D eigenvalue weighted by molar-refractivity contribution is 7.19. The molecule has 0 radical (unpaired) electrons. The van der Waals surface area contributed by atoms with Crippen molar-refractivity contribution < 1.29 is 4.92 Å². The van der Waals surface area contributed by atoms with E-state index >= 15 is 0 Å². The zero-order valence-electron chi connectivity index (χ0n) is 13.0. The normalized spacial score (nSPS) is 15.8. The van der Waals surface area contributed by atoms with Gasteiger partial charge in [-0.05, 0) is 25.9 Å². The number of nitrogens with zero attached hydrogens (tertiary/aromatic N) is 6. The molecule has 1 aliphatic heterocycles. The zero-order valence-corrected chi connectivity index (χ0v) is 13.8. The van der Waals surface area contributed by atoms with Gasteiger partial charge in [-0.3, -0.25) is 15.0 Å². The number of hydrogen-bond donors (Lipinski definition) is 0. The molecule has 0 aliphatic carbocycles. The van der Waals surface area contributed by atoms with Gasteiger partial charge in [-0.15, -0.1) is 10.2 Å². The minimum Gasteiger partial charge on any atom is -0.296 e. The van der Waals surface area contributed by atoms with Gasteiger partial charge in [0.1, 0.15) is 5.01 Å². The molecule has 0 spiro atoms. The molecule has 124 valence electrons. The number of fused-ring (bicyclic) bond motifs is 1. The van der Waals surface area contributed by atoms with Gasteiger partial charge >= 0.3 is 0 Å². The van der Waals surface area contributed by atoms with Crippen LogP contribution >= 0.6 is 11.3 Å². The minimum atomic E-state index is -0.397. The Morgan fingerprint density at radius 2 is 2.04 bits per heavy atom. The van der Waals surface area contributed by atoms with E-state index in [1.165, 1.54) is 42.7 Å². The molecule has 0 amide bonds. The molecule has 0 N–H and O–H groups in total. The molecule has 0 saturated carbocycles. The van der Waals surface area contributed by atoms with E-state index in [0.717, 1.165) is 31.0 Å². The van der Waals surface area contributed by atoms with Crippen molar-refractivity contribution in [2.24, 2.45) is 0 Å². The zero-order chi connectivity index (χ0) is 16.5. The van der Waals surface area contributed by atoms with Crippen LogP contribution in [-0.4, -0.2) is 42.7 Å². The smallest absolute Gasteiger partial charge is 0.270 e. The van der Waals surface area contributed by atoms with Crippen LogP contribution in [-0.2, 0) is 6.54 Å². The molecule has 24 heavy (non-hydrogen) atoms. The van der Waals surface area contributed by atoms with Crippen LogP contribution in [0.25, 0.3) is 15.5 Å². The quantitative estimate of drug-likeness (QED) is 0.534. The van der Waals surface area contributed by atoms with E-state index in [1.807, 2.05) is 6.07 Å². The first-order chi connectivity index (χ1) is 11.7. The molecule has 2 aromatic heterocycles. The van der Waals surface area contributed by atoms with Crippen LogP contribution in [0, 0.1) is 10.1 Å². The summed E-state index contributed by atoms with van der Waals surface area (Å²) in [6.07, 6.45) is 3.73. The second-order valence-corrected chi connectivity index (χ2v) is 6.82. The number of non-ortho nitro benzene ring substituents is 1. The minimum absolute atomic E-state index is 0.0620. The third kappa shape index (κ3) is 2.87. The lowest BCUT2D eigenvalue weighted by atomic mass is 10.1. The highest BCUT2D eigenvalue weighted by Gasteiger charge is 2.18. The first-order valence-corrected chi connectivity index (χ1v) is 8.71. The largest absolute Gasteiger partial charge is 0.296 e. The second kappa shape index (κ2) is 6.25. The van der Waals surface area contributed by atoms with Crippen LogP contribution in [0.3, 0.4) is 0 Å². The van der Waals surface area contributed by atoms with Gasteiger partial charge in [0.15, 0.2) is 5.82 Å². The number of nitro groups is 1. The molecular formula is C15H16N6O2S. The molecule has 9 heteroatoms.